The molecule has 5 heteroatoms. The van der Waals surface area contributed by atoms with Crippen molar-refractivity contribution in [2.75, 3.05) is 0 Å². The van der Waals surface area contributed by atoms with E-state index in [1.807, 2.05) is 60.7 Å². The van der Waals surface area contributed by atoms with Crippen molar-refractivity contribution in [2.45, 2.75) is 41.5 Å². The number of halogens is 2. The van der Waals surface area contributed by atoms with Crippen LogP contribution in [0.3, 0.4) is 0 Å². The first-order valence-electron chi connectivity index (χ1n) is 11.3. The monoisotopic (exact) mass is 490 g/mol. The molecule has 4 rings (SSSR count). The Hall–Kier alpha value is -2.75. The highest BCUT2D eigenvalue weighted by Gasteiger charge is 2.35. The minimum Gasteiger partial charge on any atom is -0.289 e. The van der Waals surface area contributed by atoms with Crippen LogP contribution in [0.4, 0.5) is 0 Å². The lowest BCUT2D eigenvalue weighted by Gasteiger charge is -2.31. The van der Waals surface area contributed by atoms with E-state index in [0.717, 1.165) is 27.8 Å². The van der Waals surface area contributed by atoms with Gasteiger partial charge in [0.05, 0.1) is 10.0 Å². The molecule has 0 atom stereocenters. The first kappa shape index (κ1) is 24.4. The zero-order chi connectivity index (χ0) is 24.8. The molecule has 0 unspecified atom stereocenters. The molecule has 2 aromatic carbocycles. The second-order valence-electron chi connectivity index (χ2n) is 10.6. The van der Waals surface area contributed by atoms with Crippen LogP contribution < -0.4 is 0 Å². The summed E-state index contributed by atoms with van der Waals surface area (Å²) >= 11 is 13.1. The van der Waals surface area contributed by atoms with E-state index in [1.54, 1.807) is 0 Å². The van der Waals surface area contributed by atoms with Gasteiger partial charge in [-0.1, -0.05) is 101 Å². The van der Waals surface area contributed by atoms with Crippen LogP contribution in [0, 0.1) is 10.8 Å². The molecule has 0 bridgehead atoms. The third kappa shape index (κ3) is 4.60. The first-order chi connectivity index (χ1) is 15.9. The van der Waals surface area contributed by atoms with Gasteiger partial charge >= 0.3 is 0 Å². The molecule has 0 saturated carbocycles. The van der Waals surface area contributed by atoms with Gasteiger partial charge in [-0.15, -0.1) is 0 Å². The molecule has 3 nitrogen and oxygen atoms in total. The Morgan fingerprint density at radius 3 is 1.38 bits per heavy atom. The molecule has 0 radical (unpaired) electrons. The number of benzene rings is 2. The highest BCUT2D eigenvalue weighted by molar-refractivity contribution is 6.58. The average Bonchev–Trinajstić information content (AvgIpc) is 3.18. The molecule has 1 aliphatic heterocycles. The smallest absolute Gasteiger partial charge is 0.186 e. The van der Waals surface area contributed by atoms with E-state index < -0.39 is 0 Å². The Bertz CT molecular complexity index is 1240. The fraction of sp³-hybridized carbons (Fsp3) is 0.276. The fourth-order valence-corrected chi connectivity index (χ4v) is 4.48. The van der Waals surface area contributed by atoms with Crippen LogP contribution in [-0.2, 0) is 4.79 Å². The standard InChI is InChI=1S/C29H28Cl2N2O/c1-28(2,3)20-15-17(16-21(26(20)34)29(4,5)6)27-32-24(18-11-7-9-13-22(18)30)25(33-27)19-12-8-10-14-23(19)31/h7-16H,1-6H3. The van der Waals surface area contributed by atoms with Crippen LogP contribution in [0.2, 0.25) is 10.0 Å². The first-order valence-corrected chi connectivity index (χ1v) is 12.0. The Labute approximate surface area is 211 Å². The Morgan fingerprint density at radius 1 is 0.647 bits per heavy atom. The van der Waals surface area contributed by atoms with Gasteiger partial charge in [0.2, 0.25) is 0 Å². The summed E-state index contributed by atoms with van der Waals surface area (Å²) in [7, 11) is 0. The van der Waals surface area contributed by atoms with Crippen molar-refractivity contribution in [3.63, 3.8) is 0 Å². The van der Waals surface area contributed by atoms with Gasteiger partial charge in [-0.2, -0.15) is 0 Å². The fourth-order valence-electron chi connectivity index (χ4n) is 4.03. The van der Waals surface area contributed by atoms with Crippen molar-refractivity contribution in [3.8, 4) is 0 Å². The summed E-state index contributed by atoms with van der Waals surface area (Å²) in [6, 6.07) is 15.2. The van der Waals surface area contributed by atoms with Gasteiger partial charge in [-0.25, -0.2) is 9.98 Å². The van der Waals surface area contributed by atoms with Crippen LogP contribution in [0.5, 0.6) is 0 Å². The van der Waals surface area contributed by atoms with E-state index in [9.17, 15) is 4.79 Å². The molecule has 0 N–H and O–H groups in total. The van der Waals surface area contributed by atoms with Crippen LogP contribution in [0.15, 0.2) is 93.2 Å². The lowest BCUT2D eigenvalue weighted by Crippen LogP contribution is -2.28. The van der Waals surface area contributed by atoms with Gasteiger partial charge in [0.25, 0.3) is 0 Å². The summed E-state index contributed by atoms with van der Waals surface area (Å²) in [4.78, 5) is 23.3. The van der Waals surface area contributed by atoms with E-state index in [1.165, 1.54) is 0 Å². The summed E-state index contributed by atoms with van der Waals surface area (Å²) in [5.41, 5.74) is 4.55. The predicted octanol–water partition coefficient (Wildman–Crippen LogP) is 8.02. The van der Waals surface area contributed by atoms with Crippen LogP contribution in [0.25, 0.3) is 0 Å². The third-order valence-corrected chi connectivity index (χ3v) is 6.54. The normalized spacial score (nSPS) is 16.9. The maximum atomic E-state index is 13.4. The highest BCUT2D eigenvalue weighted by Crippen LogP contribution is 2.40. The van der Waals surface area contributed by atoms with E-state index in [0.29, 0.717) is 27.3 Å². The number of rotatable bonds is 2. The molecule has 1 aliphatic carbocycles. The van der Waals surface area contributed by atoms with E-state index in [-0.39, 0.29) is 16.6 Å². The molecule has 2 aromatic rings. The summed E-state index contributed by atoms with van der Waals surface area (Å²) in [6.45, 7) is 12.3. The summed E-state index contributed by atoms with van der Waals surface area (Å²) in [5, 5.41) is 1.17. The maximum absolute atomic E-state index is 13.4. The third-order valence-electron chi connectivity index (χ3n) is 5.88. The number of nitrogens with zero attached hydrogens (tertiary/aromatic N) is 2. The number of hydrogen-bond donors (Lipinski definition) is 0. The van der Waals surface area contributed by atoms with E-state index in [2.05, 4.69) is 41.5 Å². The maximum Gasteiger partial charge on any atom is 0.186 e. The molecule has 0 fully saturated rings. The number of carbonyl (C=O) groups excluding carboxylic acids is 1. The molecular formula is C29H28Cl2N2O. The summed E-state index contributed by atoms with van der Waals surface area (Å²) in [6.07, 6.45) is 3.86. The van der Waals surface area contributed by atoms with Gasteiger partial charge in [0.1, 0.15) is 11.4 Å². The van der Waals surface area contributed by atoms with Crippen LogP contribution >= 0.6 is 23.2 Å². The molecule has 34 heavy (non-hydrogen) atoms. The van der Waals surface area contributed by atoms with E-state index in [4.69, 9.17) is 33.2 Å². The SMILES string of the molecule is CC(C)(C)C1=CC(=C2N=C(c3ccccc3Cl)C(c3ccccc3Cl)=N2)C=C(C(C)(C)C)C1=O. The molecule has 2 aliphatic rings. The number of allylic oxidation sites excluding steroid dienone is 5. The molecule has 174 valence electrons. The highest BCUT2D eigenvalue weighted by atomic mass is 35.5. The average molecular weight is 491 g/mol. The number of Topliss-reactive ketones (excluding diaryl/α,β-unsaturated/α-hetero) is 1. The van der Waals surface area contributed by atoms with Crippen molar-refractivity contribution in [3.05, 3.63) is 104 Å². The zero-order valence-corrected chi connectivity index (χ0v) is 21.8. The molecular weight excluding hydrogens is 463 g/mol. The van der Waals surface area contributed by atoms with Crippen molar-refractivity contribution in [1.82, 2.24) is 0 Å². The van der Waals surface area contributed by atoms with Gasteiger partial charge in [0.15, 0.2) is 11.6 Å². The van der Waals surface area contributed by atoms with Crippen molar-refractivity contribution < 1.29 is 4.79 Å². The van der Waals surface area contributed by atoms with Crippen LogP contribution in [-0.4, -0.2) is 17.2 Å². The number of hydrogen-bond acceptors (Lipinski definition) is 3. The molecule has 0 amide bonds. The predicted molar refractivity (Wildman–Crippen MR) is 143 cm³/mol. The van der Waals surface area contributed by atoms with Crippen molar-refractivity contribution in [1.29, 1.82) is 0 Å². The van der Waals surface area contributed by atoms with Gasteiger partial charge in [-0.05, 0) is 35.1 Å². The molecule has 1 heterocycles. The quantitative estimate of drug-likeness (QED) is 0.419. The van der Waals surface area contributed by atoms with E-state index >= 15 is 0 Å². The van der Waals surface area contributed by atoms with Crippen molar-refractivity contribution in [2.24, 2.45) is 20.8 Å². The van der Waals surface area contributed by atoms with Gasteiger partial charge < -0.3 is 0 Å². The minimum atomic E-state index is -0.323. The largest absolute Gasteiger partial charge is 0.289 e. The second kappa shape index (κ2) is 8.79. The number of aliphatic imine (C=N–C) groups is 2. The lowest BCUT2D eigenvalue weighted by atomic mass is 9.72. The summed E-state index contributed by atoms with van der Waals surface area (Å²) in [5.74, 6) is 0.619. The van der Waals surface area contributed by atoms with Crippen LogP contribution in [0.1, 0.15) is 52.7 Å². The summed E-state index contributed by atoms with van der Waals surface area (Å²) < 4.78 is 0. The zero-order valence-electron chi connectivity index (χ0n) is 20.3. The number of carbonyl (C=O) groups is 1. The molecule has 0 aromatic heterocycles. The Kier molecular flexibility index (Phi) is 6.30. The van der Waals surface area contributed by atoms with Gasteiger partial charge in [-0.3, -0.25) is 4.79 Å². The topological polar surface area (TPSA) is 41.8 Å². The Morgan fingerprint density at radius 2 is 1.03 bits per heavy atom. The minimum absolute atomic E-state index is 0.0768. The number of ketones is 1. The Balaban J connectivity index is 2.02. The second-order valence-corrected chi connectivity index (χ2v) is 11.4. The molecule has 0 spiro atoms. The van der Waals surface area contributed by atoms with Crippen molar-refractivity contribution >= 4 is 40.4 Å². The lowest BCUT2D eigenvalue weighted by molar-refractivity contribution is -0.114. The van der Waals surface area contributed by atoms with Gasteiger partial charge in [0, 0.05) is 27.8 Å². The molecule has 0 saturated heterocycles.